The molecule has 0 aliphatic heterocycles. The summed E-state index contributed by atoms with van der Waals surface area (Å²) in [6.45, 7) is 8.22. The van der Waals surface area contributed by atoms with Crippen LogP contribution in [0, 0.1) is 27.7 Å². The average molecular weight is 232 g/mol. The smallest absolute Gasteiger partial charge is 0.253 e. The average Bonchev–Trinajstić information content (AvgIpc) is 2.62. The van der Waals surface area contributed by atoms with E-state index in [1.807, 2.05) is 13.8 Å². The van der Waals surface area contributed by atoms with Crippen LogP contribution in [0.5, 0.6) is 5.75 Å². The second-order valence-electron chi connectivity index (χ2n) is 4.23. The van der Waals surface area contributed by atoms with Gasteiger partial charge in [-0.25, -0.2) is 0 Å². The molecule has 0 aliphatic carbocycles. The highest BCUT2D eigenvalue weighted by molar-refractivity contribution is 5.42. The molecule has 0 saturated carbocycles. The first kappa shape index (κ1) is 11.6. The molecular formula is C13H16N2O2. The second kappa shape index (κ2) is 4.57. The van der Waals surface area contributed by atoms with Gasteiger partial charge in [0.1, 0.15) is 5.75 Å². The highest BCUT2D eigenvalue weighted by atomic mass is 16.5. The molecule has 1 heterocycles. The van der Waals surface area contributed by atoms with Crippen molar-refractivity contribution >= 4 is 0 Å². The first-order valence-corrected chi connectivity index (χ1v) is 5.56. The number of ether oxygens (including phenoxy) is 1. The fourth-order valence-electron chi connectivity index (χ4n) is 1.92. The number of aromatic nitrogens is 2. The van der Waals surface area contributed by atoms with Gasteiger partial charge in [-0.05, 0) is 31.9 Å². The summed E-state index contributed by atoms with van der Waals surface area (Å²) >= 11 is 0. The van der Waals surface area contributed by atoms with Gasteiger partial charge in [-0.1, -0.05) is 17.7 Å². The minimum Gasteiger partial charge on any atom is -0.483 e. The molecule has 2 rings (SSSR count). The Morgan fingerprint density at radius 2 is 1.71 bits per heavy atom. The van der Waals surface area contributed by atoms with Gasteiger partial charge in [-0.2, -0.15) is 0 Å². The fraction of sp³-hybridized carbons (Fsp3) is 0.385. The summed E-state index contributed by atoms with van der Waals surface area (Å²) in [6.07, 6.45) is 0. The van der Waals surface area contributed by atoms with Gasteiger partial charge in [0.2, 0.25) is 5.89 Å². The molecule has 0 fully saturated rings. The van der Waals surface area contributed by atoms with Crippen LogP contribution < -0.4 is 4.74 Å². The van der Waals surface area contributed by atoms with Crippen molar-refractivity contribution in [1.82, 2.24) is 10.2 Å². The van der Waals surface area contributed by atoms with E-state index in [1.165, 1.54) is 5.56 Å². The van der Waals surface area contributed by atoms with Gasteiger partial charge in [-0.3, -0.25) is 0 Å². The Kier molecular flexibility index (Phi) is 3.13. The predicted octanol–water partition coefficient (Wildman–Crippen LogP) is 2.88. The molecule has 0 N–H and O–H groups in total. The van der Waals surface area contributed by atoms with Crippen LogP contribution in [0.1, 0.15) is 28.5 Å². The second-order valence-corrected chi connectivity index (χ2v) is 4.23. The lowest BCUT2D eigenvalue weighted by atomic mass is 10.1. The SMILES string of the molecule is Cc1cc(C)c(OCc2nnc(C)o2)c(C)c1. The summed E-state index contributed by atoms with van der Waals surface area (Å²) in [6, 6.07) is 4.20. The van der Waals surface area contributed by atoms with E-state index >= 15 is 0 Å². The van der Waals surface area contributed by atoms with Gasteiger partial charge in [0.05, 0.1) is 0 Å². The minimum absolute atomic E-state index is 0.311. The number of nitrogens with zero attached hydrogens (tertiary/aromatic N) is 2. The molecule has 0 aliphatic rings. The first-order valence-electron chi connectivity index (χ1n) is 5.56. The quantitative estimate of drug-likeness (QED) is 0.816. The van der Waals surface area contributed by atoms with E-state index in [2.05, 4.69) is 29.3 Å². The number of hydrogen-bond acceptors (Lipinski definition) is 4. The van der Waals surface area contributed by atoms with Gasteiger partial charge in [0.25, 0.3) is 5.89 Å². The topological polar surface area (TPSA) is 48.2 Å². The van der Waals surface area contributed by atoms with Gasteiger partial charge in [-0.15, -0.1) is 10.2 Å². The van der Waals surface area contributed by atoms with E-state index in [4.69, 9.17) is 9.15 Å². The minimum atomic E-state index is 0.311. The number of hydrogen-bond donors (Lipinski definition) is 0. The van der Waals surface area contributed by atoms with Crippen LogP contribution in [0.3, 0.4) is 0 Å². The van der Waals surface area contributed by atoms with E-state index < -0.39 is 0 Å². The van der Waals surface area contributed by atoms with E-state index in [0.29, 0.717) is 18.4 Å². The highest BCUT2D eigenvalue weighted by Crippen LogP contribution is 2.25. The molecule has 1 aromatic heterocycles. The molecule has 4 nitrogen and oxygen atoms in total. The molecule has 2 aromatic rings. The zero-order valence-electron chi connectivity index (χ0n) is 10.6. The summed E-state index contributed by atoms with van der Waals surface area (Å²) in [5.74, 6) is 1.95. The molecule has 0 radical (unpaired) electrons. The molecule has 1 aromatic carbocycles. The normalized spacial score (nSPS) is 10.6. The molecule has 0 amide bonds. The van der Waals surface area contributed by atoms with E-state index in [-0.39, 0.29) is 0 Å². The Hall–Kier alpha value is -1.84. The third kappa shape index (κ3) is 2.64. The highest BCUT2D eigenvalue weighted by Gasteiger charge is 2.08. The number of benzene rings is 1. The van der Waals surface area contributed by atoms with Crippen LogP contribution in [0.15, 0.2) is 16.5 Å². The van der Waals surface area contributed by atoms with Crippen LogP contribution in [-0.4, -0.2) is 10.2 Å². The van der Waals surface area contributed by atoms with Crippen LogP contribution >= 0.6 is 0 Å². The Morgan fingerprint density at radius 3 is 2.24 bits per heavy atom. The fourth-order valence-corrected chi connectivity index (χ4v) is 1.92. The zero-order valence-corrected chi connectivity index (χ0v) is 10.6. The third-order valence-corrected chi connectivity index (χ3v) is 2.51. The Balaban J connectivity index is 2.14. The molecule has 0 unspecified atom stereocenters. The van der Waals surface area contributed by atoms with Crippen molar-refractivity contribution in [3.8, 4) is 5.75 Å². The van der Waals surface area contributed by atoms with Gasteiger partial charge < -0.3 is 9.15 Å². The molecule has 17 heavy (non-hydrogen) atoms. The van der Waals surface area contributed by atoms with Crippen LogP contribution in [0.25, 0.3) is 0 Å². The van der Waals surface area contributed by atoms with Gasteiger partial charge >= 0.3 is 0 Å². The molecule has 0 saturated heterocycles. The largest absolute Gasteiger partial charge is 0.483 e. The first-order chi connectivity index (χ1) is 8.06. The maximum Gasteiger partial charge on any atom is 0.253 e. The van der Waals surface area contributed by atoms with Crippen molar-refractivity contribution in [3.63, 3.8) is 0 Å². The van der Waals surface area contributed by atoms with Gasteiger partial charge in [0, 0.05) is 6.92 Å². The van der Waals surface area contributed by atoms with Crippen molar-refractivity contribution in [1.29, 1.82) is 0 Å². The summed E-state index contributed by atoms with van der Waals surface area (Å²) in [7, 11) is 0. The van der Waals surface area contributed by atoms with Crippen molar-refractivity contribution in [2.75, 3.05) is 0 Å². The van der Waals surface area contributed by atoms with Crippen LogP contribution in [-0.2, 0) is 6.61 Å². The lowest BCUT2D eigenvalue weighted by Gasteiger charge is -2.11. The summed E-state index contributed by atoms with van der Waals surface area (Å²) < 4.78 is 11.0. The lowest BCUT2D eigenvalue weighted by Crippen LogP contribution is -1.99. The zero-order chi connectivity index (χ0) is 12.4. The van der Waals surface area contributed by atoms with E-state index in [0.717, 1.165) is 16.9 Å². The summed E-state index contributed by atoms with van der Waals surface area (Å²) in [5.41, 5.74) is 3.48. The molecule has 4 heteroatoms. The van der Waals surface area contributed by atoms with Crippen molar-refractivity contribution in [2.24, 2.45) is 0 Å². The van der Waals surface area contributed by atoms with E-state index in [1.54, 1.807) is 6.92 Å². The Bertz CT molecular complexity index is 509. The molecular weight excluding hydrogens is 216 g/mol. The molecule has 0 bridgehead atoms. The molecule has 90 valence electrons. The summed E-state index contributed by atoms with van der Waals surface area (Å²) in [5, 5.41) is 7.66. The van der Waals surface area contributed by atoms with Crippen molar-refractivity contribution in [3.05, 3.63) is 40.6 Å². The third-order valence-electron chi connectivity index (χ3n) is 2.51. The van der Waals surface area contributed by atoms with Crippen LogP contribution in [0.2, 0.25) is 0 Å². The number of aryl methyl sites for hydroxylation is 4. The number of rotatable bonds is 3. The summed E-state index contributed by atoms with van der Waals surface area (Å²) in [4.78, 5) is 0. The van der Waals surface area contributed by atoms with Crippen molar-refractivity contribution < 1.29 is 9.15 Å². The maximum absolute atomic E-state index is 5.73. The van der Waals surface area contributed by atoms with Crippen molar-refractivity contribution in [2.45, 2.75) is 34.3 Å². The Morgan fingerprint density at radius 1 is 1.06 bits per heavy atom. The van der Waals surface area contributed by atoms with Gasteiger partial charge in [0.15, 0.2) is 6.61 Å². The Labute approximate surface area is 101 Å². The predicted molar refractivity (Wildman–Crippen MR) is 64.0 cm³/mol. The van der Waals surface area contributed by atoms with E-state index in [9.17, 15) is 0 Å². The molecule has 0 spiro atoms. The lowest BCUT2D eigenvalue weighted by molar-refractivity contribution is 0.257. The maximum atomic E-state index is 5.73. The molecule has 0 atom stereocenters. The standard InChI is InChI=1S/C13H16N2O2/c1-8-5-9(2)13(10(3)6-8)16-7-12-15-14-11(4)17-12/h5-6H,7H2,1-4H3. The monoisotopic (exact) mass is 232 g/mol. The van der Waals surface area contributed by atoms with Crippen LogP contribution in [0.4, 0.5) is 0 Å².